The van der Waals surface area contributed by atoms with E-state index < -0.39 is 5.54 Å². The second-order valence-corrected chi connectivity index (χ2v) is 10.4. The first-order valence-corrected chi connectivity index (χ1v) is 12.0. The van der Waals surface area contributed by atoms with Gasteiger partial charge in [-0.2, -0.15) is 4.98 Å². The number of anilines is 3. The number of benzene rings is 1. The molecule has 0 atom stereocenters. The first kappa shape index (κ1) is 25.9. The highest BCUT2D eigenvalue weighted by Crippen LogP contribution is 2.35. The quantitative estimate of drug-likeness (QED) is 0.438. The van der Waals surface area contributed by atoms with Crippen molar-refractivity contribution in [2.45, 2.75) is 52.1 Å². The van der Waals surface area contributed by atoms with Crippen LogP contribution in [0.4, 0.5) is 22.0 Å². The van der Waals surface area contributed by atoms with Crippen LogP contribution in [0.5, 0.6) is 11.8 Å². The fraction of sp³-hybridized carbons (Fsp3) is 0.357. The molecule has 2 aromatic heterocycles. The molecule has 1 aliphatic rings. The third-order valence-electron chi connectivity index (χ3n) is 6.48. The Morgan fingerprint density at radius 2 is 1.68 bits per heavy atom. The number of rotatable bonds is 7. The largest absolute Gasteiger partial charge is 0.481 e. The maximum atomic E-state index is 13.5. The predicted molar refractivity (Wildman–Crippen MR) is 143 cm³/mol. The smallest absolute Gasteiger partial charge is 0.332 e. The zero-order valence-electron chi connectivity index (χ0n) is 22.3. The lowest BCUT2D eigenvalue weighted by Crippen LogP contribution is -2.43. The van der Waals surface area contributed by atoms with Gasteiger partial charge < -0.3 is 19.7 Å². The summed E-state index contributed by atoms with van der Waals surface area (Å²) in [5, 5.41) is 3.20. The predicted octanol–water partition coefficient (Wildman–Crippen LogP) is 5.28. The van der Waals surface area contributed by atoms with E-state index in [1.807, 2.05) is 36.4 Å². The molecule has 194 valence electrons. The Bertz CT molecular complexity index is 1310. The number of pyridine rings is 2. The second-order valence-electron chi connectivity index (χ2n) is 10.4. The van der Waals surface area contributed by atoms with Crippen molar-refractivity contribution in [3.05, 3.63) is 65.9 Å². The van der Waals surface area contributed by atoms with Crippen molar-refractivity contribution in [3.8, 4) is 11.8 Å². The van der Waals surface area contributed by atoms with Crippen LogP contribution in [0.25, 0.3) is 0 Å². The molecule has 4 rings (SSSR count). The van der Waals surface area contributed by atoms with Gasteiger partial charge in [0.05, 0.1) is 19.9 Å². The molecule has 3 amide bonds. The first-order valence-electron chi connectivity index (χ1n) is 12.0. The highest BCUT2D eigenvalue weighted by molar-refractivity contribution is 6.22. The van der Waals surface area contributed by atoms with Crippen molar-refractivity contribution in [1.29, 1.82) is 0 Å². The minimum Gasteiger partial charge on any atom is -0.481 e. The Morgan fingerprint density at radius 3 is 2.30 bits per heavy atom. The van der Waals surface area contributed by atoms with Gasteiger partial charge >= 0.3 is 6.03 Å². The van der Waals surface area contributed by atoms with E-state index in [2.05, 4.69) is 36.1 Å². The zero-order chi connectivity index (χ0) is 27.0. The van der Waals surface area contributed by atoms with Gasteiger partial charge in [0.25, 0.3) is 5.91 Å². The van der Waals surface area contributed by atoms with E-state index in [9.17, 15) is 9.59 Å². The number of hydrogen-bond acceptors (Lipinski definition) is 7. The van der Waals surface area contributed by atoms with Crippen molar-refractivity contribution in [2.75, 3.05) is 24.4 Å². The van der Waals surface area contributed by atoms with Gasteiger partial charge in [0.15, 0.2) is 0 Å². The lowest BCUT2D eigenvalue weighted by Gasteiger charge is -2.27. The Morgan fingerprint density at radius 1 is 0.973 bits per heavy atom. The van der Waals surface area contributed by atoms with Crippen LogP contribution < -0.4 is 19.7 Å². The summed E-state index contributed by atoms with van der Waals surface area (Å²) in [5.74, 6) is 1.08. The van der Waals surface area contributed by atoms with E-state index in [-0.39, 0.29) is 23.9 Å². The summed E-state index contributed by atoms with van der Waals surface area (Å²) < 4.78 is 10.5. The molecular formula is C28H33N5O4. The molecule has 9 heteroatoms. The first-order chi connectivity index (χ1) is 17.5. The van der Waals surface area contributed by atoms with Crippen molar-refractivity contribution in [3.63, 3.8) is 0 Å². The molecule has 3 heterocycles. The number of amides is 3. The summed E-state index contributed by atoms with van der Waals surface area (Å²) >= 11 is 0. The summed E-state index contributed by atoms with van der Waals surface area (Å²) in [5.41, 5.74) is 2.09. The molecule has 0 aliphatic carbocycles. The zero-order valence-corrected chi connectivity index (χ0v) is 22.3. The van der Waals surface area contributed by atoms with Gasteiger partial charge in [-0.15, -0.1) is 0 Å². The molecule has 1 saturated heterocycles. The van der Waals surface area contributed by atoms with E-state index in [0.717, 1.165) is 11.1 Å². The van der Waals surface area contributed by atoms with Gasteiger partial charge in [-0.3, -0.25) is 4.79 Å². The third kappa shape index (κ3) is 5.07. The Labute approximate surface area is 217 Å². The monoisotopic (exact) mass is 503 g/mol. The van der Waals surface area contributed by atoms with Crippen molar-refractivity contribution in [2.24, 2.45) is 0 Å². The fourth-order valence-corrected chi connectivity index (χ4v) is 4.19. The fourth-order valence-electron chi connectivity index (χ4n) is 4.19. The van der Waals surface area contributed by atoms with Gasteiger partial charge in [-0.05, 0) is 60.7 Å². The number of ether oxygens (including phenoxy) is 2. The normalized spacial score (nSPS) is 15.2. The molecule has 9 nitrogen and oxygen atoms in total. The molecule has 1 N–H and O–H groups in total. The number of carbonyl (C=O) groups excluding carboxylic acids is 2. The molecule has 0 bridgehead atoms. The average Bonchev–Trinajstić information content (AvgIpc) is 3.03. The molecule has 37 heavy (non-hydrogen) atoms. The average molecular weight is 504 g/mol. The Balaban J connectivity index is 1.56. The maximum Gasteiger partial charge on any atom is 0.332 e. The van der Waals surface area contributed by atoms with Crippen LogP contribution in [0.1, 0.15) is 45.7 Å². The molecule has 1 aliphatic heterocycles. The summed E-state index contributed by atoms with van der Waals surface area (Å²) in [6.07, 6.45) is 1.65. The van der Waals surface area contributed by atoms with Gasteiger partial charge in [0.1, 0.15) is 17.0 Å². The van der Waals surface area contributed by atoms with E-state index in [0.29, 0.717) is 29.0 Å². The number of nitrogens with zero attached hydrogens (tertiary/aromatic N) is 4. The van der Waals surface area contributed by atoms with Crippen LogP contribution in [0, 0.1) is 0 Å². The molecule has 0 unspecified atom stereocenters. The summed E-state index contributed by atoms with van der Waals surface area (Å²) in [6.45, 7) is 10.1. The Hall–Kier alpha value is -4.14. The summed E-state index contributed by atoms with van der Waals surface area (Å²) in [4.78, 5) is 38.4. The van der Waals surface area contributed by atoms with Crippen molar-refractivity contribution < 1.29 is 19.1 Å². The molecule has 1 aromatic carbocycles. The van der Waals surface area contributed by atoms with Gasteiger partial charge in [0.2, 0.25) is 11.8 Å². The van der Waals surface area contributed by atoms with E-state index in [4.69, 9.17) is 9.47 Å². The number of urea groups is 1. The number of carbonyl (C=O) groups is 2. The van der Waals surface area contributed by atoms with Gasteiger partial charge in [0, 0.05) is 18.8 Å². The van der Waals surface area contributed by atoms with Crippen molar-refractivity contribution in [1.82, 2.24) is 14.9 Å². The topological polar surface area (TPSA) is 96.9 Å². The Kier molecular flexibility index (Phi) is 6.82. The van der Waals surface area contributed by atoms with Crippen LogP contribution in [0.2, 0.25) is 0 Å². The minimum atomic E-state index is -1.01. The van der Waals surface area contributed by atoms with Gasteiger partial charge in [-0.25, -0.2) is 14.7 Å². The van der Waals surface area contributed by atoms with E-state index >= 15 is 0 Å². The van der Waals surface area contributed by atoms with E-state index in [1.54, 1.807) is 37.1 Å². The second kappa shape index (κ2) is 9.72. The van der Waals surface area contributed by atoms with Gasteiger partial charge in [-0.1, -0.05) is 32.9 Å². The molecule has 0 radical (unpaired) electrons. The molecular weight excluding hydrogens is 470 g/mol. The van der Waals surface area contributed by atoms with Crippen LogP contribution in [0.3, 0.4) is 0 Å². The summed E-state index contributed by atoms with van der Waals surface area (Å²) in [6, 6.07) is 14.4. The standard InChI is InChI=1S/C28H33N5O4/c1-27(2,3)19-8-10-20(11-9-19)33-25(34)28(4,5)32(26(33)35)17-18-14-15-29-22(16-18)30-21-12-13-23(36-6)31-24(21)37-7/h8-16H,17H2,1-7H3,(H,29,30). The summed E-state index contributed by atoms with van der Waals surface area (Å²) in [7, 11) is 3.06. The highest BCUT2D eigenvalue weighted by Gasteiger charge is 2.51. The number of aromatic nitrogens is 2. The van der Waals surface area contributed by atoms with Crippen molar-refractivity contribution >= 4 is 29.1 Å². The van der Waals surface area contributed by atoms with Crippen LogP contribution in [-0.4, -0.2) is 46.6 Å². The highest BCUT2D eigenvalue weighted by atomic mass is 16.5. The van der Waals surface area contributed by atoms with E-state index in [1.165, 1.54) is 19.1 Å². The van der Waals surface area contributed by atoms with Crippen LogP contribution in [0.15, 0.2) is 54.7 Å². The lowest BCUT2D eigenvalue weighted by molar-refractivity contribution is -0.123. The third-order valence-corrected chi connectivity index (χ3v) is 6.48. The minimum absolute atomic E-state index is 0.0259. The number of nitrogens with one attached hydrogen (secondary N) is 1. The molecule has 3 aromatic rings. The number of hydrogen-bond donors (Lipinski definition) is 1. The molecule has 0 saturated carbocycles. The number of methoxy groups -OCH3 is 2. The van der Waals surface area contributed by atoms with Crippen LogP contribution >= 0.6 is 0 Å². The maximum absolute atomic E-state index is 13.5. The molecule has 0 spiro atoms. The molecule has 1 fully saturated rings. The number of imide groups is 1. The van der Waals surface area contributed by atoms with Crippen LogP contribution in [-0.2, 0) is 16.8 Å². The lowest BCUT2D eigenvalue weighted by atomic mass is 9.87. The SMILES string of the molecule is COc1ccc(Nc2cc(CN3C(=O)N(c4ccc(C(C)(C)C)cc4)C(=O)C3(C)C)ccn2)c(OC)n1.